The summed E-state index contributed by atoms with van der Waals surface area (Å²) in [6, 6.07) is 18.5. The molecule has 94 valence electrons. The van der Waals surface area contributed by atoms with Crippen LogP contribution >= 0.6 is 11.8 Å². The van der Waals surface area contributed by atoms with E-state index in [0.717, 1.165) is 11.5 Å². The van der Waals surface area contributed by atoms with Gasteiger partial charge in [-0.05, 0) is 29.8 Å². The monoisotopic (exact) mass is 260 g/mol. The maximum atomic E-state index is 5.42. The van der Waals surface area contributed by atoms with E-state index < -0.39 is 0 Å². The van der Waals surface area contributed by atoms with Gasteiger partial charge in [0.2, 0.25) is 0 Å². The molecule has 2 aromatic carbocycles. The lowest BCUT2D eigenvalue weighted by Crippen LogP contribution is -1.98. The average Bonchev–Trinajstić information content (AvgIpc) is 2.44. The number of methoxy groups -OCH3 is 1. The van der Waals surface area contributed by atoms with Crippen molar-refractivity contribution >= 4 is 11.8 Å². The van der Waals surface area contributed by atoms with Crippen LogP contribution in [0.15, 0.2) is 59.5 Å². The Labute approximate surface area is 112 Å². The third-order valence-corrected chi connectivity index (χ3v) is 3.47. The van der Waals surface area contributed by atoms with Crippen LogP contribution in [0, 0.1) is 0 Å². The molecule has 0 radical (unpaired) electrons. The Bertz CT molecular complexity index is 471. The molecule has 0 aliphatic carbocycles. The summed E-state index contributed by atoms with van der Waals surface area (Å²) in [6.07, 6.45) is 0. The average molecular weight is 260 g/mol. The molecule has 3 heteroatoms. The van der Waals surface area contributed by atoms with Crippen molar-refractivity contribution in [2.45, 2.75) is 10.6 Å². The second kappa shape index (κ2) is 7.09. The van der Waals surface area contributed by atoms with E-state index in [4.69, 9.17) is 9.47 Å². The Hall–Kier alpha value is -1.45. The Morgan fingerprint density at radius 2 is 1.83 bits per heavy atom. The van der Waals surface area contributed by atoms with Crippen molar-refractivity contribution in [1.29, 1.82) is 0 Å². The van der Waals surface area contributed by atoms with Gasteiger partial charge in [-0.25, -0.2) is 0 Å². The summed E-state index contributed by atoms with van der Waals surface area (Å²) < 4.78 is 10.3. The van der Waals surface area contributed by atoms with Gasteiger partial charge in [0.05, 0.1) is 0 Å². The van der Waals surface area contributed by atoms with Gasteiger partial charge in [-0.2, -0.15) is 0 Å². The minimum Gasteiger partial charge on any atom is -0.468 e. The van der Waals surface area contributed by atoms with E-state index in [1.165, 1.54) is 10.5 Å². The minimum absolute atomic E-state index is 0.287. The molecule has 0 spiro atoms. The molecule has 0 atom stereocenters. The van der Waals surface area contributed by atoms with E-state index in [1.807, 2.05) is 30.0 Å². The summed E-state index contributed by atoms with van der Waals surface area (Å²) in [5.74, 6) is 1.79. The Morgan fingerprint density at radius 3 is 2.61 bits per heavy atom. The predicted molar refractivity (Wildman–Crippen MR) is 74.9 cm³/mol. The Kier molecular flexibility index (Phi) is 5.12. The highest BCUT2D eigenvalue weighted by molar-refractivity contribution is 7.98. The topological polar surface area (TPSA) is 18.5 Å². The summed E-state index contributed by atoms with van der Waals surface area (Å²) >= 11 is 1.82. The molecule has 0 heterocycles. The number of rotatable bonds is 6. The maximum absolute atomic E-state index is 5.42. The van der Waals surface area contributed by atoms with Crippen molar-refractivity contribution in [2.24, 2.45) is 0 Å². The summed E-state index contributed by atoms with van der Waals surface area (Å²) in [5.41, 5.74) is 1.25. The molecule has 0 saturated heterocycles. The summed E-state index contributed by atoms with van der Waals surface area (Å²) in [5, 5.41) is 0. The Balaban J connectivity index is 1.93. The lowest BCUT2D eigenvalue weighted by molar-refractivity contribution is 0.0511. The zero-order chi connectivity index (χ0) is 12.6. The zero-order valence-corrected chi connectivity index (χ0v) is 11.2. The molecule has 0 aliphatic rings. The van der Waals surface area contributed by atoms with Crippen molar-refractivity contribution < 1.29 is 9.47 Å². The van der Waals surface area contributed by atoms with Crippen LogP contribution in [0.1, 0.15) is 5.56 Å². The molecule has 0 aliphatic heterocycles. The fraction of sp³-hybridized carbons (Fsp3) is 0.200. The number of ether oxygens (including phenoxy) is 2. The van der Waals surface area contributed by atoms with Gasteiger partial charge in [0, 0.05) is 17.8 Å². The molecule has 0 unspecified atom stereocenters. The molecule has 2 aromatic rings. The van der Waals surface area contributed by atoms with E-state index in [9.17, 15) is 0 Å². The normalized spacial score (nSPS) is 10.3. The van der Waals surface area contributed by atoms with Gasteiger partial charge in [0.15, 0.2) is 6.79 Å². The fourth-order valence-electron chi connectivity index (χ4n) is 1.54. The molecule has 0 amide bonds. The van der Waals surface area contributed by atoms with Gasteiger partial charge in [0.25, 0.3) is 0 Å². The van der Waals surface area contributed by atoms with E-state index in [1.54, 1.807) is 7.11 Å². The highest BCUT2D eigenvalue weighted by atomic mass is 32.2. The van der Waals surface area contributed by atoms with Crippen LogP contribution < -0.4 is 4.74 Å². The van der Waals surface area contributed by atoms with Crippen LogP contribution in [-0.4, -0.2) is 13.9 Å². The number of hydrogen-bond acceptors (Lipinski definition) is 3. The van der Waals surface area contributed by atoms with Crippen molar-refractivity contribution in [3.63, 3.8) is 0 Å². The maximum Gasteiger partial charge on any atom is 0.188 e. The van der Waals surface area contributed by atoms with Gasteiger partial charge in [0.1, 0.15) is 5.75 Å². The first-order valence-electron chi connectivity index (χ1n) is 5.77. The first-order chi connectivity index (χ1) is 8.88. The molecule has 0 saturated carbocycles. The van der Waals surface area contributed by atoms with Crippen LogP contribution in [0.3, 0.4) is 0 Å². The third-order valence-electron chi connectivity index (χ3n) is 2.39. The van der Waals surface area contributed by atoms with Crippen LogP contribution in [0.25, 0.3) is 0 Å². The van der Waals surface area contributed by atoms with Crippen molar-refractivity contribution in [2.75, 3.05) is 13.9 Å². The van der Waals surface area contributed by atoms with Gasteiger partial charge < -0.3 is 9.47 Å². The largest absolute Gasteiger partial charge is 0.468 e. The summed E-state index contributed by atoms with van der Waals surface area (Å²) in [4.78, 5) is 1.28. The highest BCUT2D eigenvalue weighted by Gasteiger charge is 1.98. The first-order valence-corrected chi connectivity index (χ1v) is 6.75. The lowest BCUT2D eigenvalue weighted by Gasteiger charge is -2.07. The summed E-state index contributed by atoms with van der Waals surface area (Å²) in [6.45, 7) is 0.287. The summed E-state index contributed by atoms with van der Waals surface area (Å²) in [7, 11) is 1.62. The molecular formula is C15H16O2S. The minimum atomic E-state index is 0.287. The fourth-order valence-corrected chi connectivity index (χ4v) is 2.40. The lowest BCUT2D eigenvalue weighted by atomic mass is 10.2. The smallest absolute Gasteiger partial charge is 0.188 e. The first kappa shape index (κ1) is 13.0. The molecular weight excluding hydrogens is 244 g/mol. The van der Waals surface area contributed by atoms with Gasteiger partial charge in [-0.1, -0.05) is 30.3 Å². The van der Waals surface area contributed by atoms with Crippen molar-refractivity contribution in [3.8, 4) is 5.75 Å². The van der Waals surface area contributed by atoms with Crippen molar-refractivity contribution in [1.82, 2.24) is 0 Å². The quantitative estimate of drug-likeness (QED) is 0.578. The van der Waals surface area contributed by atoms with E-state index in [-0.39, 0.29) is 6.79 Å². The molecule has 0 bridgehead atoms. The molecule has 2 nitrogen and oxygen atoms in total. The molecule has 0 fully saturated rings. The van der Waals surface area contributed by atoms with E-state index in [0.29, 0.717) is 0 Å². The molecule has 0 aromatic heterocycles. The van der Waals surface area contributed by atoms with Crippen LogP contribution in [-0.2, 0) is 10.5 Å². The molecule has 0 N–H and O–H groups in total. The zero-order valence-electron chi connectivity index (χ0n) is 10.3. The third kappa shape index (κ3) is 4.09. The predicted octanol–water partition coefficient (Wildman–Crippen LogP) is 3.96. The van der Waals surface area contributed by atoms with Crippen LogP contribution in [0.2, 0.25) is 0 Å². The van der Waals surface area contributed by atoms with Gasteiger partial charge in [-0.3, -0.25) is 0 Å². The van der Waals surface area contributed by atoms with E-state index in [2.05, 4.69) is 36.4 Å². The van der Waals surface area contributed by atoms with Gasteiger partial charge in [-0.15, -0.1) is 11.8 Å². The number of thioether (sulfide) groups is 1. The van der Waals surface area contributed by atoms with Crippen molar-refractivity contribution in [3.05, 3.63) is 60.2 Å². The second-order valence-corrected chi connectivity index (χ2v) is 4.85. The Morgan fingerprint density at radius 1 is 1.00 bits per heavy atom. The number of benzene rings is 2. The molecule has 18 heavy (non-hydrogen) atoms. The van der Waals surface area contributed by atoms with E-state index >= 15 is 0 Å². The number of hydrogen-bond donors (Lipinski definition) is 0. The highest BCUT2D eigenvalue weighted by Crippen LogP contribution is 2.24. The van der Waals surface area contributed by atoms with Gasteiger partial charge >= 0.3 is 0 Å². The second-order valence-electron chi connectivity index (χ2n) is 3.80. The molecule has 2 rings (SSSR count). The standard InChI is InChI=1S/C15H16O2S/c1-16-12-17-14-7-5-6-13(10-14)11-18-15-8-3-2-4-9-15/h2-10H,11-12H2,1H3. The SMILES string of the molecule is COCOc1cccc(CSc2ccccc2)c1. The van der Waals surface area contributed by atoms with Crippen LogP contribution in [0.4, 0.5) is 0 Å². The van der Waals surface area contributed by atoms with Crippen LogP contribution in [0.5, 0.6) is 5.75 Å².